The lowest BCUT2D eigenvalue weighted by molar-refractivity contribution is -0.286. The van der Waals surface area contributed by atoms with Crippen molar-refractivity contribution in [2.24, 2.45) is 0 Å². The van der Waals surface area contributed by atoms with Gasteiger partial charge in [-0.1, -0.05) is 12.1 Å². The molecule has 4 heterocycles. The molecule has 1 saturated heterocycles. The standard InChI is InChI=1S/C30H40ClF2N5O15P2/c1-2-6-46-8-10-48-12-13-49-11-9-47-7-5-37(16-19-3-4-21-22(14-19)53-30(32,33)52-21)26-20-15-34-38(27(20)36-29(31)35-26)28-25(40)24(39)23(51-28)17-50-55(44,45)18-54(41,42)43/h2-4,14-15,23-25,28,39-40H,1,5-13,16-18H2,(H,44,45)(H2,41,42,43)/t23-,24-,25-,28-/m1/s1. The highest BCUT2D eigenvalue weighted by molar-refractivity contribution is 7.70. The summed E-state index contributed by atoms with van der Waals surface area (Å²) in [6, 6.07) is 4.27. The molecule has 5 rings (SSSR count). The molecule has 0 amide bonds. The Labute approximate surface area is 317 Å². The van der Waals surface area contributed by atoms with Crippen molar-refractivity contribution in [3.05, 3.63) is 47.9 Å². The number of nitrogens with zero attached hydrogens (tertiary/aromatic N) is 5. The van der Waals surface area contributed by atoms with E-state index in [9.17, 15) is 33.0 Å². The quantitative estimate of drug-likeness (QED) is 0.0396. The number of aromatic nitrogens is 4. The van der Waals surface area contributed by atoms with Crippen LogP contribution in [0.25, 0.3) is 11.0 Å². The molecule has 0 saturated carbocycles. The Balaban J connectivity index is 1.28. The molecule has 55 heavy (non-hydrogen) atoms. The molecule has 25 heteroatoms. The predicted molar refractivity (Wildman–Crippen MR) is 186 cm³/mol. The normalized spacial score (nSPS) is 21.6. The smallest absolute Gasteiger partial charge is 0.395 e. The third-order valence-corrected chi connectivity index (χ3v) is 11.4. The minimum atomic E-state index is -4.93. The molecular formula is C30H40ClF2N5O15P2. The number of anilines is 1. The van der Waals surface area contributed by atoms with E-state index in [4.69, 9.17) is 49.6 Å². The summed E-state index contributed by atoms with van der Waals surface area (Å²) >= 11 is 6.37. The third-order valence-electron chi connectivity index (χ3n) is 7.78. The Kier molecular flexibility index (Phi) is 14.9. The first-order valence-corrected chi connectivity index (χ1v) is 20.5. The van der Waals surface area contributed by atoms with Crippen LogP contribution >= 0.6 is 26.8 Å². The Morgan fingerprint density at radius 3 is 2.29 bits per heavy atom. The first-order chi connectivity index (χ1) is 26.1. The van der Waals surface area contributed by atoms with Crippen molar-refractivity contribution in [3.8, 4) is 11.5 Å². The Bertz CT molecular complexity index is 1860. The molecule has 5 atom stereocenters. The molecule has 20 nitrogen and oxygen atoms in total. The first-order valence-electron chi connectivity index (χ1n) is 16.5. The Hall–Kier alpha value is -2.92. The van der Waals surface area contributed by atoms with E-state index in [2.05, 4.69) is 31.1 Å². The molecule has 0 spiro atoms. The molecular weight excluding hydrogens is 806 g/mol. The number of benzene rings is 1. The van der Waals surface area contributed by atoms with Crippen molar-refractivity contribution >= 4 is 43.6 Å². The van der Waals surface area contributed by atoms with Gasteiger partial charge in [0.15, 0.2) is 29.3 Å². The van der Waals surface area contributed by atoms with Crippen LogP contribution in [-0.4, -0.2) is 141 Å². The molecule has 5 N–H and O–H groups in total. The molecule has 2 aromatic heterocycles. The summed E-state index contributed by atoms with van der Waals surface area (Å²) in [6.07, 6.45) is -7.09. The fourth-order valence-electron chi connectivity index (χ4n) is 5.42. The summed E-state index contributed by atoms with van der Waals surface area (Å²) in [4.78, 5) is 38.3. The lowest BCUT2D eigenvalue weighted by Crippen LogP contribution is -2.33. The van der Waals surface area contributed by atoms with Crippen LogP contribution in [-0.2, 0) is 43.9 Å². The molecule has 1 fully saturated rings. The van der Waals surface area contributed by atoms with Gasteiger partial charge in [0.05, 0.1) is 71.0 Å². The SMILES string of the molecule is C=CCOCCOCCOCCOCCN(Cc1ccc2c(c1)OC(F)(F)O2)c1nc(Cl)nc2c1cnn2[C@@H]1O[C@H](COP(=O)(O)CP(=O)(O)O)[C@@H](O)[C@H]1O. The maximum absolute atomic E-state index is 13.7. The van der Waals surface area contributed by atoms with Gasteiger partial charge in [0.2, 0.25) is 5.28 Å². The highest BCUT2D eigenvalue weighted by Gasteiger charge is 2.46. The van der Waals surface area contributed by atoms with Crippen LogP contribution in [0.2, 0.25) is 5.28 Å². The van der Waals surface area contributed by atoms with E-state index in [1.54, 1.807) is 17.0 Å². The number of halogens is 3. The summed E-state index contributed by atoms with van der Waals surface area (Å²) in [5.74, 6) is -1.57. The highest BCUT2D eigenvalue weighted by atomic mass is 35.5. The number of hydrogen-bond donors (Lipinski definition) is 5. The Morgan fingerprint density at radius 1 is 0.964 bits per heavy atom. The van der Waals surface area contributed by atoms with Gasteiger partial charge in [-0.2, -0.15) is 15.1 Å². The second-order valence-electron chi connectivity index (χ2n) is 12.0. The molecule has 1 aromatic carbocycles. The lowest BCUT2D eigenvalue weighted by Gasteiger charge is -2.25. The van der Waals surface area contributed by atoms with Crippen LogP contribution in [0.3, 0.4) is 0 Å². The molecule has 306 valence electrons. The van der Waals surface area contributed by atoms with Crippen molar-refractivity contribution in [2.45, 2.75) is 37.4 Å². The average Bonchev–Trinajstić information content (AvgIpc) is 3.74. The maximum Gasteiger partial charge on any atom is 0.586 e. The summed E-state index contributed by atoms with van der Waals surface area (Å²) in [5.41, 5.74) is 0.537. The summed E-state index contributed by atoms with van der Waals surface area (Å²) < 4.78 is 93.5. The molecule has 3 aromatic rings. The number of rotatable bonds is 23. The second-order valence-corrected chi connectivity index (χ2v) is 16.3. The first kappa shape index (κ1) is 43.2. The number of aliphatic hydroxyl groups is 2. The number of fused-ring (bicyclic) bond motifs is 2. The van der Waals surface area contributed by atoms with Gasteiger partial charge in [0.1, 0.15) is 24.1 Å². The van der Waals surface area contributed by atoms with Gasteiger partial charge in [0, 0.05) is 13.1 Å². The van der Waals surface area contributed by atoms with Crippen LogP contribution < -0.4 is 14.4 Å². The maximum atomic E-state index is 13.7. The Morgan fingerprint density at radius 2 is 1.62 bits per heavy atom. The predicted octanol–water partition coefficient (Wildman–Crippen LogP) is 2.02. The van der Waals surface area contributed by atoms with Gasteiger partial charge in [-0.05, 0) is 29.3 Å². The van der Waals surface area contributed by atoms with Crippen molar-refractivity contribution in [1.82, 2.24) is 19.7 Å². The zero-order chi connectivity index (χ0) is 39.8. The van der Waals surface area contributed by atoms with Gasteiger partial charge in [0.25, 0.3) is 0 Å². The largest absolute Gasteiger partial charge is 0.586 e. The fourth-order valence-corrected chi connectivity index (χ4v) is 8.15. The topological polar surface area (TPSA) is 256 Å². The van der Waals surface area contributed by atoms with Gasteiger partial charge < -0.3 is 67.5 Å². The molecule has 0 bridgehead atoms. The van der Waals surface area contributed by atoms with Gasteiger partial charge in [-0.25, -0.2) is 4.68 Å². The number of alkyl halides is 2. The number of hydrogen-bond acceptors (Lipinski definition) is 16. The monoisotopic (exact) mass is 845 g/mol. The number of ether oxygens (including phenoxy) is 7. The van der Waals surface area contributed by atoms with Crippen molar-refractivity contribution in [1.29, 1.82) is 0 Å². The second kappa shape index (κ2) is 19.0. The van der Waals surface area contributed by atoms with E-state index >= 15 is 0 Å². The molecule has 0 aliphatic carbocycles. The van der Waals surface area contributed by atoms with E-state index in [0.29, 0.717) is 38.6 Å². The third kappa shape index (κ3) is 12.3. The van der Waals surface area contributed by atoms with Gasteiger partial charge in [-0.15, -0.1) is 15.4 Å². The van der Waals surface area contributed by atoms with Crippen LogP contribution in [0.4, 0.5) is 14.6 Å². The average molecular weight is 846 g/mol. The highest BCUT2D eigenvalue weighted by Crippen LogP contribution is 2.55. The van der Waals surface area contributed by atoms with E-state index in [1.165, 1.54) is 18.3 Å². The van der Waals surface area contributed by atoms with Crippen molar-refractivity contribution < 1.29 is 80.5 Å². The minimum absolute atomic E-state index is 0.0290. The van der Waals surface area contributed by atoms with Crippen LogP contribution in [0.5, 0.6) is 11.5 Å². The molecule has 2 aliphatic rings. The zero-order valence-electron chi connectivity index (χ0n) is 29.0. The van der Waals surface area contributed by atoms with Crippen molar-refractivity contribution in [3.63, 3.8) is 0 Å². The van der Waals surface area contributed by atoms with Crippen LogP contribution in [0.15, 0.2) is 37.1 Å². The van der Waals surface area contributed by atoms with Gasteiger partial charge in [-0.3, -0.25) is 9.13 Å². The van der Waals surface area contributed by atoms with Crippen LogP contribution in [0.1, 0.15) is 11.8 Å². The fraction of sp³-hybridized carbons (Fsp3) is 0.567. The van der Waals surface area contributed by atoms with Crippen molar-refractivity contribution in [2.75, 3.05) is 76.8 Å². The van der Waals surface area contributed by atoms with Crippen LogP contribution in [0, 0.1) is 0 Å². The summed E-state index contributed by atoms with van der Waals surface area (Å²) in [7, 11) is -9.73. The lowest BCUT2D eigenvalue weighted by atomic mass is 10.1. The summed E-state index contributed by atoms with van der Waals surface area (Å²) in [6.45, 7) is 5.60. The minimum Gasteiger partial charge on any atom is -0.395 e. The van der Waals surface area contributed by atoms with E-state index in [0.717, 1.165) is 4.68 Å². The number of aliphatic hydroxyl groups excluding tert-OH is 2. The van der Waals surface area contributed by atoms with E-state index < -0.39 is 58.5 Å². The van der Waals surface area contributed by atoms with E-state index in [-0.39, 0.29) is 66.5 Å². The molecule has 0 radical (unpaired) electrons. The summed E-state index contributed by atoms with van der Waals surface area (Å²) in [5, 5.41) is 25.8. The zero-order valence-corrected chi connectivity index (χ0v) is 31.5. The molecule has 1 unspecified atom stereocenters. The van der Waals surface area contributed by atoms with E-state index in [1.807, 2.05) is 0 Å². The molecule has 2 aliphatic heterocycles. The van der Waals surface area contributed by atoms with Gasteiger partial charge >= 0.3 is 21.5 Å².